The van der Waals surface area contributed by atoms with Crippen LogP contribution in [-0.2, 0) is 9.47 Å². The third-order valence-electron chi connectivity index (χ3n) is 2.20. The predicted molar refractivity (Wildman–Crippen MR) is 65.5 cm³/mol. The van der Waals surface area contributed by atoms with Crippen molar-refractivity contribution in [2.24, 2.45) is 0 Å². The number of carbonyl (C=O) groups excluding carboxylic acids is 1. The van der Waals surface area contributed by atoms with E-state index in [1.165, 1.54) is 12.1 Å². The van der Waals surface area contributed by atoms with Crippen LogP contribution in [-0.4, -0.2) is 41.6 Å². The van der Waals surface area contributed by atoms with Gasteiger partial charge in [0.15, 0.2) is 0 Å². The summed E-state index contributed by atoms with van der Waals surface area (Å²) in [5, 5.41) is 18.5. The van der Waals surface area contributed by atoms with E-state index in [1.807, 2.05) is 0 Å². The first-order valence-corrected chi connectivity index (χ1v) is 5.75. The normalized spacial score (nSPS) is 13.9. The summed E-state index contributed by atoms with van der Waals surface area (Å²) in [5.41, 5.74) is 0.125. The molecule has 0 spiro atoms. The molecule has 100 valence electrons. The molecule has 1 aromatic carbocycles. The van der Waals surface area contributed by atoms with E-state index in [0.29, 0.717) is 0 Å². The Kier molecular flexibility index (Phi) is 5.61. The Balaban J connectivity index is 2.40. The summed E-state index contributed by atoms with van der Waals surface area (Å²) in [4.78, 5) is 11.6. The molecule has 5 nitrogen and oxygen atoms in total. The maximum atomic E-state index is 11.6. The number of benzene rings is 1. The largest absolute Gasteiger partial charge is 0.507 e. The van der Waals surface area contributed by atoms with Gasteiger partial charge in [0, 0.05) is 0 Å². The summed E-state index contributed by atoms with van der Waals surface area (Å²) < 4.78 is 10.2. The molecule has 5 heteroatoms. The zero-order valence-electron chi connectivity index (χ0n) is 10.5. The fraction of sp³-hybridized carbons (Fsp3) is 0.462. The lowest BCUT2D eigenvalue weighted by Crippen LogP contribution is -2.23. The molecular formula is C13H18O5. The van der Waals surface area contributed by atoms with Gasteiger partial charge in [0.25, 0.3) is 0 Å². The molecule has 0 fully saturated rings. The van der Waals surface area contributed by atoms with Crippen LogP contribution in [0.25, 0.3) is 0 Å². The average Bonchev–Trinajstić information content (AvgIpc) is 2.34. The minimum absolute atomic E-state index is 0.0693. The Morgan fingerprint density at radius 2 is 1.94 bits per heavy atom. The van der Waals surface area contributed by atoms with Crippen molar-refractivity contribution in [3.63, 3.8) is 0 Å². The van der Waals surface area contributed by atoms with Crippen LogP contribution in [0.5, 0.6) is 5.75 Å². The number of phenols is 1. The van der Waals surface area contributed by atoms with E-state index in [-0.39, 0.29) is 30.6 Å². The number of aliphatic hydroxyl groups is 1. The highest BCUT2D eigenvalue weighted by Gasteiger charge is 2.13. The highest BCUT2D eigenvalue weighted by Crippen LogP contribution is 2.16. The molecule has 0 saturated carbocycles. The fourth-order valence-corrected chi connectivity index (χ4v) is 1.27. The third kappa shape index (κ3) is 4.73. The summed E-state index contributed by atoms with van der Waals surface area (Å²) in [6, 6.07) is 6.17. The van der Waals surface area contributed by atoms with Crippen LogP contribution < -0.4 is 0 Å². The lowest BCUT2D eigenvalue weighted by Gasteiger charge is -2.14. The number of esters is 1. The number of rotatable bonds is 6. The van der Waals surface area contributed by atoms with Gasteiger partial charge < -0.3 is 19.7 Å². The topological polar surface area (TPSA) is 76.0 Å². The number of hydrogen-bond donors (Lipinski definition) is 2. The van der Waals surface area contributed by atoms with Crippen molar-refractivity contribution < 1.29 is 24.5 Å². The number of phenolic OH excluding ortho intramolecular Hbond substituents is 1. The second-order valence-electron chi connectivity index (χ2n) is 4.11. The summed E-state index contributed by atoms with van der Waals surface area (Å²) in [5.74, 6) is -0.708. The van der Waals surface area contributed by atoms with Gasteiger partial charge >= 0.3 is 5.97 Å². The van der Waals surface area contributed by atoms with Crippen molar-refractivity contribution in [3.8, 4) is 5.75 Å². The maximum Gasteiger partial charge on any atom is 0.342 e. The summed E-state index contributed by atoms with van der Waals surface area (Å²) >= 11 is 0. The number of aromatic hydroxyl groups is 1. The average molecular weight is 254 g/mol. The molecule has 0 aliphatic heterocycles. The molecule has 0 unspecified atom stereocenters. The van der Waals surface area contributed by atoms with Crippen LogP contribution in [0, 0.1) is 0 Å². The van der Waals surface area contributed by atoms with E-state index < -0.39 is 12.1 Å². The van der Waals surface area contributed by atoms with Crippen LogP contribution in [0.3, 0.4) is 0 Å². The molecule has 0 heterocycles. The SMILES string of the molecule is C[C@H](O)CO[C@H](C)COC(=O)c1ccccc1O. The van der Waals surface area contributed by atoms with Crippen LogP contribution in [0.1, 0.15) is 24.2 Å². The minimum atomic E-state index is -0.597. The van der Waals surface area contributed by atoms with E-state index in [2.05, 4.69) is 0 Å². The van der Waals surface area contributed by atoms with Crippen LogP contribution in [0.15, 0.2) is 24.3 Å². The predicted octanol–water partition coefficient (Wildman–Crippen LogP) is 1.33. The zero-order valence-corrected chi connectivity index (χ0v) is 10.5. The van der Waals surface area contributed by atoms with Crippen molar-refractivity contribution >= 4 is 5.97 Å². The van der Waals surface area contributed by atoms with Gasteiger partial charge in [-0.25, -0.2) is 4.79 Å². The molecule has 18 heavy (non-hydrogen) atoms. The number of ether oxygens (including phenoxy) is 2. The van der Waals surface area contributed by atoms with E-state index in [4.69, 9.17) is 14.6 Å². The fourth-order valence-electron chi connectivity index (χ4n) is 1.27. The molecule has 0 aromatic heterocycles. The lowest BCUT2D eigenvalue weighted by molar-refractivity contribution is -0.0279. The second kappa shape index (κ2) is 6.98. The minimum Gasteiger partial charge on any atom is -0.507 e. The standard InChI is InChI=1S/C13H18O5/c1-9(14)7-17-10(2)8-18-13(16)11-5-3-4-6-12(11)15/h3-6,9-10,14-15H,7-8H2,1-2H3/t9-,10+/m0/s1. The highest BCUT2D eigenvalue weighted by atomic mass is 16.6. The van der Waals surface area contributed by atoms with Gasteiger partial charge in [-0.05, 0) is 26.0 Å². The monoisotopic (exact) mass is 254 g/mol. The van der Waals surface area contributed by atoms with Crippen LogP contribution in [0.4, 0.5) is 0 Å². The van der Waals surface area contributed by atoms with E-state index in [1.54, 1.807) is 26.0 Å². The molecule has 1 rings (SSSR count). The summed E-state index contributed by atoms with van der Waals surface area (Å²) in [6.07, 6.45) is -0.865. The molecule has 0 amide bonds. The Morgan fingerprint density at radius 3 is 2.56 bits per heavy atom. The molecule has 2 N–H and O–H groups in total. The van der Waals surface area contributed by atoms with Crippen LogP contribution in [0.2, 0.25) is 0 Å². The molecule has 0 aliphatic carbocycles. The van der Waals surface area contributed by atoms with Gasteiger partial charge in [0.1, 0.15) is 17.9 Å². The zero-order chi connectivity index (χ0) is 13.5. The summed E-state index contributed by atoms with van der Waals surface area (Å²) in [6.45, 7) is 3.61. The van der Waals surface area contributed by atoms with Crippen molar-refractivity contribution in [3.05, 3.63) is 29.8 Å². The Labute approximate surface area is 106 Å². The van der Waals surface area contributed by atoms with Crippen molar-refractivity contribution in [1.82, 2.24) is 0 Å². The highest BCUT2D eigenvalue weighted by molar-refractivity contribution is 5.92. The quantitative estimate of drug-likeness (QED) is 0.749. The van der Waals surface area contributed by atoms with Gasteiger partial charge in [-0.3, -0.25) is 0 Å². The Hall–Kier alpha value is -1.59. The van der Waals surface area contributed by atoms with Gasteiger partial charge in [-0.1, -0.05) is 12.1 Å². The number of aliphatic hydroxyl groups excluding tert-OH is 1. The third-order valence-corrected chi connectivity index (χ3v) is 2.20. The molecule has 0 radical (unpaired) electrons. The van der Waals surface area contributed by atoms with Crippen LogP contribution >= 0.6 is 0 Å². The molecule has 0 aliphatic rings. The number of carbonyl (C=O) groups is 1. The second-order valence-corrected chi connectivity index (χ2v) is 4.11. The molecule has 0 bridgehead atoms. The van der Waals surface area contributed by atoms with E-state index in [0.717, 1.165) is 0 Å². The molecule has 1 aromatic rings. The first-order chi connectivity index (χ1) is 8.50. The molecular weight excluding hydrogens is 236 g/mol. The van der Waals surface area contributed by atoms with E-state index in [9.17, 15) is 9.90 Å². The van der Waals surface area contributed by atoms with Gasteiger partial charge in [0.2, 0.25) is 0 Å². The number of hydrogen-bond acceptors (Lipinski definition) is 5. The van der Waals surface area contributed by atoms with Gasteiger partial charge in [-0.15, -0.1) is 0 Å². The lowest BCUT2D eigenvalue weighted by atomic mass is 10.2. The van der Waals surface area contributed by atoms with Gasteiger partial charge in [-0.2, -0.15) is 0 Å². The molecule has 0 saturated heterocycles. The maximum absolute atomic E-state index is 11.6. The number of para-hydroxylation sites is 1. The first kappa shape index (κ1) is 14.5. The van der Waals surface area contributed by atoms with Crippen molar-refractivity contribution in [2.75, 3.05) is 13.2 Å². The Morgan fingerprint density at radius 1 is 1.28 bits per heavy atom. The first-order valence-electron chi connectivity index (χ1n) is 5.75. The van der Waals surface area contributed by atoms with Crippen molar-refractivity contribution in [1.29, 1.82) is 0 Å². The summed E-state index contributed by atoms with van der Waals surface area (Å²) in [7, 11) is 0. The smallest absolute Gasteiger partial charge is 0.342 e. The van der Waals surface area contributed by atoms with Crippen molar-refractivity contribution in [2.45, 2.75) is 26.1 Å². The Bertz CT molecular complexity index is 389. The molecule has 2 atom stereocenters. The van der Waals surface area contributed by atoms with Gasteiger partial charge in [0.05, 0.1) is 18.8 Å². The van der Waals surface area contributed by atoms with E-state index >= 15 is 0 Å².